The summed E-state index contributed by atoms with van der Waals surface area (Å²) >= 11 is 6.13. The van der Waals surface area contributed by atoms with Gasteiger partial charge in [-0.3, -0.25) is 9.59 Å². The number of anilines is 1. The van der Waals surface area contributed by atoms with Crippen LogP contribution in [0, 0.1) is 5.92 Å². The minimum absolute atomic E-state index is 0.103. The van der Waals surface area contributed by atoms with Crippen LogP contribution in [-0.4, -0.2) is 80.7 Å². The summed E-state index contributed by atoms with van der Waals surface area (Å²) in [5.41, 5.74) is 6.56. The van der Waals surface area contributed by atoms with Gasteiger partial charge in [-0.25, -0.2) is 0 Å². The number of piperidine rings is 2. The number of likely N-dealkylation sites (tertiary alicyclic amines) is 2. The van der Waals surface area contributed by atoms with E-state index in [1.165, 1.54) is 7.11 Å². The lowest BCUT2D eigenvalue weighted by Crippen LogP contribution is -2.55. The maximum atomic E-state index is 13.0. The van der Waals surface area contributed by atoms with E-state index in [1.807, 2.05) is 11.8 Å². The molecule has 3 N–H and O–H groups in total. The van der Waals surface area contributed by atoms with Gasteiger partial charge >= 0.3 is 0 Å². The van der Waals surface area contributed by atoms with Crippen LogP contribution < -0.4 is 15.8 Å². The average molecular weight is 481 g/mol. The number of halogens is 1. The fourth-order valence-electron chi connectivity index (χ4n) is 4.81. The molecule has 0 saturated carbocycles. The van der Waals surface area contributed by atoms with E-state index in [1.54, 1.807) is 19.2 Å². The first-order valence-electron chi connectivity index (χ1n) is 11.8. The Labute approximate surface area is 201 Å². The highest BCUT2D eigenvalue weighted by molar-refractivity contribution is 6.33. The second kappa shape index (κ2) is 11.9. The number of amides is 2. The SMILES string of the molecule is CCCC(=O)N1CCC(CN2CC[C@H](NC(=O)c3cc(Cl)c(N)cc3OC)[C@H](OC)C2)CC1. The van der Waals surface area contributed by atoms with E-state index in [4.69, 9.17) is 26.8 Å². The Morgan fingerprint density at radius 3 is 2.55 bits per heavy atom. The smallest absolute Gasteiger partial charge is 0.255 e. The van der Waals surface area contributed by atoms with Crippen molar-refractivity contribution in [3.05, 3.63) is 22.7 Å². The van der Waals surface area contributed by atoms with Crippen molar-refractivity contribution in [1.82, 2.24) is 15.1 Å². The third-order valence-electron chi connectivity index (χ3n) is 6.77. The first kappa shape index (κ1) is 25.6. The molecule has 0 bridgehead atoms. The van der Waals surface area contributed by atoms with E-state index in [2.05, 4.69) is 10.2 Å². The summed E-state index contributed by atoms with van der Waals surface area (Å²) in [6.45, 7) is 6.41. The molecule has 9 heteroatoms. The molecule has 33 heavy (non-hydrogen) atoms. The lowest BCUT2D eigenvalue weighted by Gasteiger charge is -2.41. The van der Waals surface area contributed by atoms with Crippen LogP contribution in [0.5, 0.6) is 5.75 Å². The minimum Gasteiger partial charge on any atom is -0.496 e. The van der Waals surface area contributed by atoms with Gasteiger partial charge in [-0.1, -0.05) is 18.5 Å². The predicted octanol–water partition coefficient (Wildman–Crippen LogP) is 2.79. The largest absolute Gasteiger partial charge is 0.496 e. The third-order valence-corrected chi connectivity index (χ3v) is 7.10. The van der Waals surface area contributed by atoms with Gasteiger partial charge in [0.2, 0.25) is 5.91 Å². The van der Waals surface area contributed by atoms with Gasteiger partial charge in [0.1, 0.15) is 5.75 Å². The zero-order chi connectivity index (χ0) is 24.0. The van der Waals surface area contributed by atoms with E-state index in [9.17, 15) is 9.59 Å². The zero-order valence-electron chi connectivity index (χ0n) is 19.9. The van der Waals surface area contributed by atoms with E-state index >= 15 is 0 Å². The normalized spacial score (nSPS) is 22.2. The number of nitrogen functional groups attached to an aromatic ring is 1. The molecule has 184 valence electrons. The highest BCUT2D eigenvalue weighted by Crippen LogP contribution is 2.29. The summed E-state index contributed by atoms with van der Waals surface area (Å²) < 4.78 is 11.1. The number of hydrogen-bond donors (Lipinski definition) is 2. The van der Waals surface area contributed by atoms with Gasteiger partial charge in [0.15, 0.2) is 0 Å². The van der Waals surface area contributed by atoms with Crippen molar-refractivity contribution in [3.63, 3.8) is 0 Å². The molecule has 8 nitrogen and oxygen atoms in total. The molecule has 0 unspecified atom stereocenters. The Morgan fingerprint density at radius 2 is 1.91 bits per heavy atom. The molecule has 2 fully saturated rings. The van der Waals surface area contributed by atoms with Crippen LogP contribution in [0.15, 0.2) is 12.1 Å². The number of benzene rings is 1. The van der Waals surface area contributed by atoms with Crippen molar-refractivity contribution < 1.29 is 19.1 Å². The fraction of sp³-hybridized carbons (Fsp3) is 0.667. The molecule has 0 aromatic heterocycles. The quantitative estimate of drug-likeness (QED) is 0.555. The number of nitrogens with two attached hydrogens (primary N) is 1. The Hall–Kier alpha value is -2.03. The molecule has 2 heterocycles. The van der Waals surface area contributed by atoms with Crippen LogP contribution in [0.4, 0.5) is 5.69 Å². The topological polar surface area (TPSA) is 97.1 Å². The van der Waals surface area contributed by atoms with Gasteiger partial charge in [-0.15, -0.1) is 0 Å². The molecule has 0 aliphatic carbocycles. The predicted molar refractivity (Wildman–Crippen MR) is 130 cm³/mol. The summed E-state index contributed by atoms with van der Waals surface area (Å²) in [5, 5.41) is 3.42. The van der Waals surface area contributed by atoms with Crippen LogP contribution in [0.1, 0.15) is 49.4 Å². The standard InChI is InChI=1S/C24H37ClN4O4/c1-4-5-23(30)29-10-6-16(7-11-29)14-28-9-8-20(22(15-28)33-3)27-24(31)17-12-18(25)19(26)13-21(17)32-2/h12-13,16,20,22H,4-11,14-15,26H2,1-3H3,(H,27,31)/t20-,22+/m0/s1. The zero-order valence-corrected chi connectivity index (χ0v) is 20.7. The van der Waals surface area contributed by atoms with Crippen molar-refractivity contribution in [2.45, 2.75) is 51.2 Å². The van der Waals surface area contributed by atoms with Gasteiger partial charge in [0, 0.05) is 52.3 Å². The Bertz CT molecular complexity index is 829. The van der Waals surface area contributed by atoms with Gasteiger partial charge in [0.05, 0.1) is 35.5 Å². The van der Waals surface area contributed by atoms with E-state index in [-0.39, 0.29) is 24.0 Å². The third kappa shape index (κ3) is 6.52. The summed E-state index contributed by atoms with van der Waals surface area (Å²) in [6, 6.07) is 3.00. The van der Waals surface area contributed by atoms with Crippen molar-refractivity contribution in [2.24, 2.45) is 5.92 Å². The van der Waals surface area contributed by atoms with Crippen molar-refractivity contribution >= 4 is 29.1 Å². The summed E-state index contributed by atoms with van der Waals surface area (Å²) in [7, 11) is 3.19. The van der Waals surface area contributed by atoms with Crippen LogP contribution in [0.3, 0.4) is 0 Å². The van der Waals surface area contributed by atoms with E-state index in [0.717, 1.165) is 58.4 Å². The molecule has 2 saturated heterocycles. The highest BCUT2D eigenvalue weighted by atomic mass is 35.5. The van der Waals surface area contributed by atoms with Gasteiger partial charge < -0.3 is 30.3 Å². The number of hydrogen-bond acceptors (Lipinski definition) is 6. The molecule has 3 rings (SSSR count). The minimum atomic E-state index is -0.252. The monoisotopic (exact) mass is 480 g/mol. The van der Waals surface area contributed by atoms with Crippen molar-refractivity contribution in [2.75, 3.05) is 52.7 Å². The Morgan fingerprint density at radius 1 is 1.18 bits per heavy atom. The highest BCUT2D eigenvalue weighted by Gasteiger charge is 2.33. The number of methoxy groups -OCH3 is 2. The molecule has 1 aromatic carbocycles. The molecular formula is C24H37ClN4O4. The molecule has 2 atom stereocenters. The second-order valence-corrected chi connectivity index (χ2v) is 9.46. The number of nitrogens with zero attached hydrogens (tertiary/aromatic N) is 2. The maximum Gasteiger partial charge on any atom is 0.255 e. The maximum absolute atomic E-state index is 13.0. The van der Waals surface area contributed by atoms with Crippen molar-refractivity contribution in [3.8, 4) is 5.75 Å². The average Bonchev–Trinajstić information content (AvgIpc) is 2.82. The lowest BCUT2D eigenvalue weighted by atomic mass is 9.93. The molecule has 2 aliphatic rings. The van der Waals surface area contributed by atoms with Gasteiger partial charge in [-0.2, -0.15) is 0 Å². The van der Waals surface area contributed by atoms with E-state index in [0.29, 0.717) is 34.4 Å². The van der Waals surface area contributed by atoms with Crippen LogP contribution in [0.2, 0.25) is 5.02 Å². The Kier molecular flexibility index (Phi) is 9.23. The molecular weight excluding hydrogens is 444 g/mol. The molecule has 0 spiro atoms. The van der Waals surface area contributed by atoms with Crippen LogP contribution >= 0.6 is 11.6 Å². The number of carbonyl (C=O) groups excluding carboxylic acids is 2. The second-order valence-electron chi connectivity index (χ2n) is 9.05. The molecule has 0 radical (unpaired) electrons. The molecule has 2 amide bonds. The van der Waals surface area contributed by atoms with Crippen LogP contribution in [-0.2, 0) is 9.53 Å². The summed E-state index contributed by atoms with van der Waals surface area (Å²) in [4.78, 5) is 29.5. The summed E-state index contributed by atoms with van der Waals surface area (Å²) in [6.07, 6.45) is 4.32. The van der Waals surface area contributed by atoms with Crippen molar-refractivity contribution in [1.29, 1.82) is 0 Å². The molecule has 2 aliphatic heterocycles. The van der Waals surface area contributed by atoms with Gasteiger partial charge in [0.25, 0.3) is 5.91 Å². The molecule has 1 aromatic rings. The number of ether oxygens (including phenoxy) is 2. The first-order chi connectivity index (χ1) is 15.9. The van der Waals surface area contributed by atoms with E-state index < -0.39 is 0 Å². The number of nitrogens with one attached hydrogen (secondary N) is 1. The number of rotatable bonds is 8. The Balaban J connectivity index is 1.52. The lowest BCUT2D eigenvalue weighted by molar-refractivity contribution is -0.132. The van der Waals surface area contributed by atoms with Crippen LogP contribution in [0.25, 0.3) is 0 Å². The fourth-order valence-corrected chi connectivity index (χ4v) is 4.98. The van der Waals surface area contributed by atoms with Gasteiger partial charge in [-0.05, 0) is 37.7 Å². The number of carbonyl (C=O) groups is 2. The summed E-state index contributed by atoms with van der Waals surface area (Å²) in [5.74, 6) is 1.01. The first-order valence-corrected chi connectivity index (χ1v) is 12.2.